The summed E-state index contributed by atoms with van der Waals surface area (Å²) < 4.78 is 23.4. The Balaban J connectivity index is 4.01. The topological polar surface area (TPSA) is 89.3 Å². The number of rotatable bonds is 6. The van der Waals surface area contributed by atoms with E-state index in [1.807, 2.05) is 18.6 Å². The van der Waals surface area contributed by atoms with Gasteiger partial charge in [-0.2, -0.15) is 0 Å². The van der Waals surface area contributed by atoms with Gasteiger partial charge in [-0.25, -0.2) is 8.42 Å². The van der Waals surface area contributed by atoms with Gasteiger partial charge in [0.05, 0.1) is 6.26 Å². The predicted octanol–water partition coefficient (Wildman–Crippen LogP) is 0.217. The molecule has 0 heterocycles. The van der Waals surface area contributed by atoms with E-state index in [-0.39, 0.29) is 11.8 Å². The van der Waals surface area contributed by atoms with E-state index < -0.39 is 15.9 Å². The second-order valence-electron chi connectivity index (χ2n) is 4.50. The van der Waals surface area contributed by atoms with E-state index in [0.29, 0.717) is 13.0 Å². The van der Waals surface area contributed by atoms with Gasteiger partial charge in [0, 0.05) is 6.42 Å². The molecule has 3 N–H and O–H groups in total. The lowest BCUT2D eigenvalue weighted by molar-refractivity contribution is -0.119. The fourth-order valence-electron chi connectivity index (χ4n) is 1.23. The Bertz CT molecular complexity index is 309. The van der Waals surface area contributed by atoms with Crippen LogP contribution in [0.2, 0.25) is 0 Å². The molecule has 0 aromatic carbocycles. The number of hydrogen-bond donors (Lipinski definition) is 2. The smallest absolute Gasteiger partial charge is 0.233 e. The number of nitrogens with two attached hydrogens (primary N) is 1. The summed E-state index contributed by atoms with van der Waals surface area (Å²) in [6.45, 7) is 4.59. The minimum Gasteiger partial charge on any atom is -0.330 e. The van der Waals surface area contributed by atoms with Crippen molar-refractivity contribution >= 4 is 15.9 Å². The van der Waals surface area contributed by atoms with Gasteiger partial charge in [0.25, 0.3) is 0 Å². The molecule has 0 radical (unpaired) electrons. The van der Waals surface area contributed by atoms with Gasteiger partial charge in [-0.1, -0.05) is 13.8 Å². The molecule has 0 aliphatic heterocycles. The van der Waals surface area contributed by atoms with Gasteiger partial charge in [-0.15, -0.1) is 0 Å². The molecule has 6 heteroatoms. The Morgan fingerprint density at radius 3 is 2.27 bits per heavy atom. The molecule has 0 rings (SSSR count). The zero-order valence-corrected chi connectivity index (χ0v) is 10.4. The lowest BCUT2D eigenvalue weighted by Crippen LogP contribution is -2.30. The van der Waals surface area contributed by atoms with Crippen LogP contribution < -0.4 is 10.5 Å². The molecule has 0 unspecified atom stereocenters. The van der Waals surface area contributed by atoms with E-state index in [2.05, 4.69) is 0 Å². The molecule has 1 amide bonds. The van der Waals surface area contributed by atoms with Gasteiger partial charge in [0.1, 0.15) is 0 Å². The second-order valence-corrected chi connectivity index (χ2v) is 6.25. The second kappa shape index (κ2) is 5.46. The molecule has 0 aromatic heterocycles. The van der Waals surface area contributed by atoms with E-state index in [0.717, 1.165) is 12.7 Å². The van der Waals surface area contributed by atoms with Crippen molar-refractivity contribution in [3.63, 3.8) is 0 Å². The lowest BCUT2D eigenvalue weighted by atomic mass is 9.84. The van der Waals surface area contributed by atoms with E-state index in [9.17, 15) is 13.2 Å². The molecule has 5 nitrogen and oxygen atoms in total. The van der Waals surface area contributed by atoms with Gasteiger partial charge in [0.15, 0.2) is 0 Å². The molecular formula is C9H20N2O3S. The van der Waals surface area contributed by atoms with Gasteiger partial charge in [-0.05, 0) is 24.8 Å². The summed E-state index contributed by atoms with van der Waals surface area (Å²) in [4.78, 5) is 11.2. The molecule has 0 fully saturated rings. The quantitative estimate of drug-likeness (QED) is 0.690. The lowest BCUT2D eigenvalue weighted by Gasteiger charge is -2.23. The first-order valence-corrected chi connectivity index (χ1v) is 6.76. The predicted molar refractivity (Wildman–Crippen MR) is 59.7 cm³/mol. The first-order valence-electron chi connectivity index (χ1n) is 4.87. The van der Waals surface area contributed by atoms with Crippen LogP contribution in [0.25, 0.3) is 0 Å². The van der Waals surface area contributed by atoms with Crippen LogP contribution in [0.3, 0.4) is 0 Å². The highest BCUT2D eigenvalue weighted by molar-refractivity contribution is 7.89. The van der Waals surface area contributed by atoms with Crippen molar-refractivity contribution in [1.82, 2.24) is 4.72 Å². The number of carbonyl (C=O) groups is 1. The zero-order valence-electron chi connectivity index (χ0n) is 9.54. The summed E-state index contributed by atoms with van der Waals surface area (Å²) in [5.74, 6) is -0.456. The van der Waals surface area contributed by atoms with Crippen LogP contribution in [0.15, 0.2) is 0 Å². The fraction of sp³-hybridized carbons (Fsp3) is 0.889. The molecule has 0 atom stereocenters. The summed E-state index contributed by atoms with van der Waals surface area (Å²) in [6, 6.07) is 0. The SMILES string of the molecule is CC(C)(CCN)CCC(=O)NS(C)(=O)=O. The maximum atomic E-state index is 11.2. The maximum absolute atomic E-state index is 11.2. The van der Waals surface area contributed by atoms with E-state index in [1.165, 1.54) is 0 Å². The van der Waals surface area contributed by atoms with Crippen LogP contribution in [0.4, 0.5) is 0 Å². The Kier molecular flexibility index (Phi) is 5.23. The van der Waals surface area contributed by atoms with E-state index >= 15 is 0 Å². The van der Waals surface area contributed by atoms with Crippen LogP contribution in [-0.2, 0) is 14.8 Å². The fourth-order valence-corrected chi connectivity index (χ4v) is 1.74. The summed E-state index contributed by atoms with van der Waals surface area (Å²) >= 11 is 0. The number of sulfonamides is 1. The molecule has 0 saturated heterocycles. The molecule has 0 aromatic rings. The third-order valence-electron chi connectivity index (χ3n) is 2.15. The van der Waals surface area contributed by atoms with Crippen molar-refractivity contribution in [2.24, 2.45) is 11.1 Å². The molecule has 0 aliphatic carbocycles. The highest BCUT2D eigenvalue weighted by Gasteiger charge is 2.19. The van der Waals surface area contributed by atoms with Crippen molar-refractivity contribution < 1.29 is 13.2 Å². The average Bonchev–Trinajstić information content (AvgIpc) is 1.98. The highest BCUT2D eigenvalue weighted by atomic mass is 32.2. The normalized spacial score (nSPS) is 12.5. The molecule has 0 bridgehead atoms. The van der Waals surface area contributed by atoms with Crippen molar-refractivity contribution in [3.8, 4) is 0 Å². The van der Waals surface area contributed by atoms with Crippen LogP contribution in [0.5, 0.6) is 0 Å². The summed E-state index contributed by atoms with van der Waals surface area (Å²) in [5, 5.41) is 0. The molecule has 90 valence electrons. The van der Waals surface area contributed by atoms with Gasteiger partial charge in [-0.3, -0.25) is 9.52 Å². The monoisotopic (exact) mass is 236 g/mol. The standard InChI is InChI=1S/C9H20N2O3S/c1-9(2,6-7-10)5-4-8(12)11-15(3,13)14/h4-7,10H2,1-3H3,(H,11,12). The first-order chi connectivity index (χ1) is 6.66. The van der Waals surface area contributed by atoms with Crippen molar-refractivity contribution in [2.45, 2.75) is 33.1 Å². The Hall–Kier alpha value is -0.620. The zero-order chi connectivity index (χ0) is 12.1. The van der Waals surface area contributed by atoms with E-state index in [1.54, 1.807) is 0 Å². The largest absolute Gasteiger partial charge is 0.330 e. The summed E-state index contributed by atoms with van der Waals surface area (Å²) in [5.41, 5.74) is 5.40. The summed E-state index contributed by atoms with van der Waals surface area (Å²) in [7, 11) is -3.43. The van der Waals surface area contributed by atoms with Gasteiger partial charge < -0.3 is 5.73 Å². The number of hydrogen-bond acceptors (Lipinski definition) is 4. The van der Waals surface area contributed by atoms with Crippen molar-refractivity contribution in [2.75, 3.05) is 12.8 Å². The third-order valence-corrected chi connectivity index (χ3v) is 2.75. The molecular weight excluding hydrogens is 216 g/mol. The highest BCUT2D eigenvalue weighted by Crippen LogP contribution is 2.25. The average molecular weight is 236 g/mol. The minimum atomic E-state index is -3.43. The van der Waals surface area contributed by atoms with Gasteiger partial charge >= 0.3 is 0 Å². The number of amides is 1. The van der Waals surface area contributed by atoms with E-state index in [4.69, 9.17) is 5.73 Å². The van der Waals surface area contributed by atoms with Crippen molar-refractivity contribution in [3.05, 3.63) is 0 Å². The Labute approximate surface area is 91.5 Å². The minimum absolute atomic E-state index is 0.0242. The first kappa shape index (κ1) is 14.4. The van der Waals surface area contributed by atoms with Crippen LogP contribution in [-0.4, -0.2) is 27.1 Å². The number of carbonyl (C=O) groups excluding carboxylic acids is 1. The molecule has 0 spiro atoms. The van der Waals surface area contributed by atoms with Crippen molar-refractivity contribution in [1.29, 1.82) is 0 Å². The Morgan fingerprint density at radius 2 is 1.87 bits per heavy atom. The summed E-state index contributed by atoms with van der Waals surface area (Å²) in [6.07, 6.45) is 2.63. The van der Waals surface area contributed by atoms with Gasteiger partial charge in [0.2, 0.25) is 15.9 Å². The third kappa shape index (κ3) is 8.38. The Morgan fingerprint density at radius 1 is 1.33 bits per heavy atom. The van der Waals surface area contributed by atoms with Crippen LogP contribution in [0, 0.1) is 5.41 Å². The maximum Gasteiger partial charge on any atom is 0.233 e. The number of nitrogens with one attached hydrogen (secondary N) is 1. The van der Waals surface area contributed by atoms with Crippen LogP contribution in [0.1, 0.15) is 33.1 Å². The molecule has 15 heavy (non-hydrogen) atoms. The molecule has 0 saturated carbocycles. The van der Waals surface area contributed by atoms with Crippen LogP contribution >= 0.6 is 0 Å². The molecule has 0 aliphatic rings.